The van der Waals surface area contributed by atoms with Crippen LogP contribution >= 0.6 is 0 Å². The predicted molar refractivity (Wildman–Crippen MR) is 112 cm³/mol. The van der Waals surface area contributed by atoms with Crippen molar-refractivity contribution in [1.82, 2.24) is 5.32 Å². The van der Waals surface area contributed by atoms with Crippen LogP contribution in [-0.2, 0) is 6.54 Å². The molecule has 3 aromatic carbocycles. The molecule has 0 saturated heterocycles. The number of nitrogens with one attached hydrogen (secondary N) is 2. The van der Waals surface area contributed by atoms with E-state index in [2.05, 4.69) is 10.6 Å². The third-order valence-corrected chi connectivity index (χ3v) is 4.39. The van der Waals surface area contributed by atoms with E-state index in [1.165, 1.54) is 0 Å². The zero-order chi connectivity index (χ0) is 20.6. The zero-order valence-corrected chi connectivity index (χ0v) is 16.3. The molecule has 0 atom stereocenters. The van der Waals surface area contributed by atoms with Crippen LogP contribution in [0.3, 0.4) is 0 Å². The van der Waals surface area contributed by atoms with E-state index in [0.29, 0.717) is 29.1 Å². The smallest absolute Gasteiger partial charge is 0.255 e. The van der Waals surface area contributed by atoms with Gasteiger partial charge in [0.25, 0.3) is 11.8 Å². The van der Waals surface area contributed by atoms with Gasteiger partial charge in [0.05, 0.1) is 14.2 Å². The number of para-hydroxylation sites is 1. The largest absolute Gasteiger partial charge is 0.497 e. The van der Waals surface area contributed by atoms with Crippen molar-refractivity contribution in [3.05, 3.63) is 89.5 Å². The standard InChI is InChI=1S/C23H22N2O4/c1-28-20-13-11-19(12-14-20)25-23(27)17-9-7-16(8-10-17)22(26)24-15-18-5-3-4-6-21(18)29-2/h3-14H,15H2,1-2H3,(H,24,26)(H,25,27). The molecule has 0 bridgehead atoms. The average molecular weight is 390 g/mol. The van der Waals surface area contributed by atoms with Crippen LogP contribution in [0.2, 0.25) is 0 Å². The molecule has 6 nitrogen and oxygen atoms in total. The van der Waals surface area contributed by atoms with Gasteiger partial charge < -0.3 is 20.1 Å². The topological polar surface area (TPSA) is 76.7 Å². The molecule has 29 heavy (non-hydrogen) atoms. The second-order valence-electron chi connectivity index (χ2n) is 6.25. The third-order valence-electron chi connectivity index (χ3n) is 4.39. The van der Waals surface area contributed by atoms with Crippen LogP contribution < -0.4 is 20.1 Å². The summed E-state index contributed by atoms with van der Waals surface area (Å²) < 4.78 is 10.4. The van der Waals surface area contributed by atoms with Gasteiger partial charge in [0.2, 0.25) is 0 Å². The number of amides is 2. The highest BCUT2D eigenvalue weighted by atomic mass is 16.5. The van der Waals surface area contributed by atoms with E-state index >= 15 is 0 Å². The Kier molecular flexibility index (Phi) is 6.47. The van der Waals surface area contributed by atoms with Crippen molar-refractivity contribution in [2.75, 3.05) is 19.5 Å². The molecule has 0 heterocycles. The predicted octanol–water partition coefficient (Wildman–Crippen LogP) is 3.89. The first-order chi connectivity index (χ1) is 14.1. The first-order valence-corrected chi connectivity index (χ1v) is 9.06. The summed E-state index contributed by atoms with van der Waals surface area (Å²) in [5.74, 6) is 0.957. The fourth-order valence-corrected chi connectivity index (χ4v) is 2.78. The fourth-order valence-electron chi connectivity index (χ4n) is 2.78. The van der Waals surface area contributed by atoms with Crippen molar-refractivity contribution in [2.24, 2.45) is 0 Å². The van der Waals surface area contributed by atoms with E-state index in [-0.39, 0.29) is 11.8 Å². The van der Waals surface area contributed by atoms with Gasteiger partial charge >= 0.3 is 0 Å². The SMILES string of the molecule is COc1ccc(NC(=O)c2ccc(C(=O)NCc3ccccc3OC)cc2)cc1. The summed E-state index contributed by atoms with van der Waals surface area (Å²) >= 11 is 0. The van der Waals surface area contributed by atoms with E-state index in [1.54, 1.807) is 62.8 Å². The maximum absolute atomic E-state index is 12.4. The number of ether oxygens (including phenoxy) is 2. The highest BCUT2D eigenvalue weighted by Crippen LogP contribution is 2.18. The van der Waals surface area contributed by atoms with Gasteiger partial charge in [-0.2, -0.15) is 0 Å². The van der Waals surface area contributed by atoms with Crippen molar-refractivity contribution in [1.29, 1.82) is 0 Å². The molecule has 3 aromatic rings. The summed E-state index contributed by atoms with van der Waals surface area (Å²) in [6, 6.07) is 21.1. The number of carbonyl (C=O) groups excluding carboxylic acids is 2. The molecule has 0 aliphatic heterocycles. The molecule has 0 saturated carbocycles. The fraction of sp³-hybridized carbons (Fsp3) is 0.130. The van der Waals surface area contributed by atoms with Crippen LogP contribution in [0.25, 0.3) is 0 Å². The number of benzene rings is 3. The second kappa shape index (κ2) is 9.41. The summed E-state index contributed by atoms with van der Waals surface area (Å²) in [4.78, 5) is 24.8. The molecule has 3 rings (SSSR count). The van der Waals surface area contributed by atoms with Crippen LogP contribution in [-0.4, -0.2) is 26.0 Å². The molecule has 0 aliphatic rings. The number of rotatable bonds is 7. The number of methoxy groups -OCH3 is 2. The van der Waals surface area contributed by atoms with E-state index in [0.717, 1.165) is 11.3 Å². The lowest BCUT2D eigenvalue weighted by molar-refractivity contribution is 0.0949. The normalized spacial score (nSPS) is 10.1. The number of carbonyl (C=O) groups is 2. The van der Waals surface area contributed by atoms with Crippen molar-refractivity contribution in [3.8, 4) is 11.5 Å². The maximum atomic E-state index is 12.4. The Labute approximate surface area is 169 Å². The Bertz CT molecular complexity index is 983. The molecule has 0 unspecified atom stereocenters. The second-order valence-corrected chi connectivity index (χ2v) is 6.25. The summed E-state index contributed by atoms with van der Waals surface area (Å²) in [6.07, 6.45) is 0. The van der Waals surface area contributed by atoms with Gasteiger partial charge in [-0.05, 0) is 54.6 Å². The van der Waals surface area contributed by atoms with Gasteiger partial charge in [-0.25, -0.2) is 0 Å². The van der Waals surface area contributed by atoms with E-state index in [9.17, 15) is 9.59 Å². The van der Waals surface area contributed by atoms with Crippen LogP contribution in [0, 0.1) is 0 Å². The molecule has 0 fully saturated rings. The van der Waals surface area contributed by atoms with Crippen LogP contribution in [0.1, 0.15) is 26.3 Å². The lowest BCUT2D eigenvalue weighted by Crippen LogP contribution is -2.23. The van der Waals surface area contributed by atoms with Crippen molar-refractivity contribution < 1.29 is 19.1 Å². The minimum Gasteiger partial charge on any atom is -0.497 e. The first-order valence-electron chi connectivity index (χ1n) is 9.06. The van der Waals surface area contributed by atoms with Gasteiger partial charge in [-0.15, -0.1) is 0 Å². The molecule has 148 valence electrons. The molecule has 2 amide bonds. The Morgan fingerprint density at radius 3 is 2.00 bits per heavy atom. The molecular formula is C23H22N2O4. The monoisotopic (exact) mass is 390 g/mol. The Morgan fingerprint density at radius 2 is 1.38 bits per heavy atom. The molecule has 0 spiro atoms. The minimum atomic E-state index is -0.254. The van der Waals surface area contributed by atoms with Gasteiger partial charge in [0, 0.05) is 28.9 Å². The first kappa shape index (κ1) is 19.9. The van der Waals surface area contributed by atoms with Crippen LogP contribution in [0.15, 0.2) is 72.8 Å². The van der Waals surface area contributed by atoms with Gasteiger partial charge in [-0.1, -0.05) is 18.2 Å². The Balaban J connectivity index is 1.59. The van der Waals surface area contributed by atoms with Gasteiger partial charge in [0.15, 0.2) is 0 Å². The van der Waals surface area contributed by atoms with Gasteiger partial charge in [-0.3, -0.25) is 9.59 Å². The lowest BCUT2D eigenvalue weighted by Gasteiger charge is -2.10. The number of anilines is 1. The summed E-state index contributed by atoms with van der Waals surface area (Å²) in [5.41, 5.74) is 2.48. The minimum absolute atomic E-state index is 0.224. The molecule has 2 N–H and O–H groups in total. The molecule has 0 aromatic heterocycles. The van der Waals surface area contributed by atoms with E-state index in [4.69, 9.17) is 9.47 Å². The van der Waals surface area contributed by atoms with Crippen molar-refractivity contribution >= 4 is 17.5 Å². The highest BCUT2D eigenvalue weighted by Gasteiger charge is 2.10. The van der Waals surface area contributed by atoms with E-state index < -0.39 is 0 Å². The average Bonchev–Trinajstić information content (AvgIpc) is 2.78. The quantitative estimate of drug-likeness (QED) is 0.642. The van der Waals surface area contributed by atoms with Crippen molar-refractivity contribution in [3.63, 3.8) is 0 Å². The molecular weight excluding hydrogens is 368 g/mol. The molecule has 0 aliphatic carbocycles. The maximum Gasteiger partial charge on any atom is 0.255 e. The summed E-state index contributed by atoms with van der Waals surface area (Å²) in [6.45, 7) is 0.350. The Morgan fingerprint density at radius 1 is 0.759 bits per heavy atom. The van der Waals surface area contributed by atoms with E-state index in [1.807, 2.05) is 24.3 Å². The van der Waals surface area contributed by atoms with Crippen LogP contribution in [0.4, 0.5) is 5.69 Å². The summed E-state index contributed by atoms with van der Waals surface area (Å²) in [5, 5.41) is 5.67. The number of hydrogen-bond donors (Lipinski definition) is 2. The molecule has 6 heteroatoms. The Hall–Kier alpha value is -3.80. The van der Waals surface area contributed by atoms with Crippen molar-refractivity contribution in [2.45, 2.75) is 6.54 Å². The van der Waals surface area contributed by atoms with Crippen LogP contribution in [0.5, 0.6) is 11.5 Å². The third kappa shape index (κ3) is 5.13. The lowest BCUT2D eigenvalue weighted by atomic mass is 10.1. The highest BCUT2D eigenvalue weighted by molar-refractivity contribution is 6.05. The molecule has 0 radical (unpaired) electrons. The summed E-state index contributed by atoms with van der Waals surface area (Å²) in [7, 11) is 3.18. The number of hydrogen-bond acceptors (Lipinski definition) is 4. The van der Waals surface area contributed by atoms with Gasteiger partial charge in [0.1, 0.15) is 11.5 Å². The zero-order valence-electron chi connectivity index (χ0n) is 16.3.